The second-order valence-corrected chi connectivity index (χ2v) is 9.99. The third kappa shape index (κ3) is 5.00. The summed E-state index contributed by atoms with van der Waals surface area (Å²) in [4.78, 5) is 3.78. The van der Waals surface area contributed by atoms with Gasteiger partial charge in [0.2, 0.25) is 0 Å². The van der Waals surface area contributed by atoms with Crippen LogP contribution in [0.4, 0.5) is 0 Å². The molecule has 0 amide bonds. The molecule has 2 aliphatic carbocycles. The van der Waals surface area contributed by atoms with Gasteiger partial charge in [0.05, 0.1) is 5.35 Å². The normalized spacial score (nSPS) is 18.9. The molecule has 31 heavy (non-hydrogen) atoms. The fourth-order valence-electron chi connectivity index (χ4n) is 5.31. The molecule has 4 rings (SSSR count). The Kier molecular flexibility index (Phi) is 7.05. The van der Waals surface area contributed by atoms with Crippen molar-refractivity contribution in [3.05, 3.63) is 69.9 Å². The van der Waals surface area contributed by atoms with Crippen molar-refractivity contribution in [3.8, 4) is 0 Å². The Balaban J connectivity index is 1.60. The SMILES string of the molecule is CCCCCCCCC1C=CC(OCc2ccccc2)=c2[nH]c3c(c21)C(C)(C)CCC=3. The maximum absolute atomic E-state index is 6.34. The first kappa shape index (κ1) is 22.0. The van der Waals surface area contributed by atoms with E-state index in [1.165, 1.54) is 78.8 Å². The van der Waals surface area contributed by atoms with E-state index in [0.29, 0.717) is 12.5 Å². The highest BCUT2D eigenvalue weighted by molar-refractivity contribution is 5.58. The summed E-state index contributed by atoms with van der Waals surface area (Å²) in [5.74, 6) is 1.49. The minimum atomic E-state index is 0.212. The number of hydrogen-bond acceptors (Lipinski definition) is 1. The molecule has 1 aromatic carbocycles. The van der Waals surface area contributed by atoms with Crippen LogP contribution < -0.4 is 10.7 Å². The van der Waals surface area contributed by atoms with Crippen LogP contribution in [-0.4, -0.2) is 4.98 Å². The summed E-state index contributed by atoms with van der Waals surface area (Å²) in [5, 5.41) is 2.56. The van der Waals surface area contributed by atoms with Crippen molar-refractivity contribution in [1.29, 1.82) is 0 Å². The monoisotopic (exact) mass is 417 g/mol. The molecule has 0 radical (unpaired) electrons. The van der Waals surface area contributed by atoms with Crippen molar-refractivity contribution >= 4 is 11.8 Å². The Morgan fingerprint density at radius 1 is 1.03 bits per heavy atom. The van der Waals surface area contributed by atoms with Gasteiger partial charge in [0, 0.05) is 11.3 Å². The van der Waals surface area contributed by atoms with E-state index in [4.69, 9.17) is 4.74 Å². The average molecular weight is 418 g/mol. The van der Waals surface area contributed by atoms with Crippen LogP contribution in [0, 0.1) is 0 Å². The van der Waals surface area contributed by atoms with Gasteiger partial charge < -0.3 is 9.72 Å². The van der Waals surface area contributed by atoms with Crippen molar-refractivity contribution in [3.63, 3.8) is 0 Å². The van der Waals surface area contributed by atoms with Crippen LogP contribution in [0.2, 0.25) is 0 Å². The minimum absolute atomic E-state index is 0.212. The molecule has 1 aromatic heterocycles. The van der Waals surface area contributed by atoms with Gasteiger partial charge in [-0.25, -0.2) is 0 Å². The topological polar surface area (TPSA) is 25.0 Å². The van der Waals surface area contributed by atoms with Crippen LogP contribution in [0.1, 0.15) is 101 Å². The molecule has 0 saturated carbocycles. The van der Waals surface area contributed by atoms with Crippen LogP contribution in [0.5, 0.6) is 0 Å². The van der Waals surface area contributed by atoms with Crippen LogP contribution in [-0.2, 0) is 16.8 Å². The highest BCUT2D eigenvalue weighted by Gasteiger charge is 2.33. The summed E-state index contributed by atoms with van der Waals surface area (Å²) in [5.41, 5.74) is 4.47. The predicted octanol–water partition coefficient (Wildman–Crippen LogP) is 6.60. The summed E-state index contributed by atoms with van der Waals surface area (Å²) in [6.07, 6.45) is 18.7. The lowest BCUT2D eigenvalue weighted by molar-refractivity contribution is 0.262. The van der Waals surface area contributed by atoms with E-state index in [1.54, 1.807) is 0 Å². The molecule has 2 heteroatoms. The summed E-state index contributed by atoms with van der Waals surface area (Å²) in [6, 6.07) is 10.5. The lowest BCUT2D eigenvalue weighted by Crippen LogP contribution is -2.30. The van der Waals surface area contributed by atoms with Crippen molar-refractivity contribution in [2.45, 2.75) is 96.5 Å². The van der Waals surface area contributed by atoms with Gasteiger partial charge in [0.15, 0.2) is 0 Å². The van der Waals surface area contributed by atoms with Crippen molar-refractivity contribution in [2.75, 3.05) is 0 Å². The Bertz CT molecular complexity index is 1010. The highest BCUT2D eigenvalue weighted by Crippen LogP contribution is 2.37. The molecule has 2 aromatic rings. The first-order valence-corrected chi connectivity index (χ1v) is 12.4. The largest absolute Gasteiger partial charge is 0.487 e. The lowest BCUT2D eigenvalue weighted by atomic mass is 9.73. The summed E-state index contributed by atoms with van der Waals surface area (Å²) in [7, 11) is 0. The Morgan fingerprint density at radius 3 is 2.61 bits per heavy atom. The number of allylic oxidation sites excluding steroid dienone is 1. The second kappa shape index (κ2) is 9.94. The zero-order valence-corrected chi connectivity index (χ0v) is 19.7. The molecular weight excluding hydrogens is 378 g/mol. The smallest absolute Gasteiger partial charge is 0.143 e. The fraction of sp³-hybridized carbons (Fsp3) is 0.517. The van der Waals surface area contributed by atoms with Crippen LogP contribution in [0.15, 0.2) is 42.5 Å². The van der Waals surface area contributed by atoms with Gasteiger partial charge in [-0.15, -0.1) is 0 Å². The molecule has 0 saturated heterocycles. The Hall–Kier alpha value is -2.22. The number of benzene rings is 1. The summed E-state index contributed by atoms with van der Waals surface area (Å²) < 4.78 is 6.34. The molecule has 1 heterocycles. The Morgan fingerprint density at radius 2 is 1.81 bits per heavy atom. The van der Waals surface area contributed by atoms with Crippen molar-refractivity contribution < 1.29 is 4.74 Å². The molecule has 1 unspecified atom stereocenters. The predicted molar refractivity (Wildman–Crippen MR) is 131 cm³/mol. The van der Waals surface area contributed by atoms with Gasteiger partial charge in [0.1, 0.15) is 12.4 Å². The summed E-state index contributed by atoms with van der Waals surface area (Å²) in [6.45, 7) is 7.73. The first-order chi connectivity index (χ1) is 15.1. The number of fused-ring (bicyclic) bond motifs is 3. The van der Waals surface area contributed by atoms with Crippen molar-refractivity contribution in [2.24, 2.45) is 0 Å². The van der Waals surface area contributed by atoms with E-state index in [0.717, 1.165) is 12.2 Å². The van der Waals surface area contributed by atoms with Crippen LogP contribution in [0.3, 0.4) is 0 Å². The molecule has 0 bridgehead atoms. The number of rotatable bonds is 10. The van der Waals surface area contributed by atoms with E-state index in [9.17, 15) is 0 Å². The van der Waals surface area contributed by atoms with Gasteiger partial charge in [-0.2, -0.15) is 0 Å². The van der Waals surface area contributed by atoms with Gasteiger partial charge in [-0.05, 0) is 47.4 Å². The number of hydrogen-bond donors (Lipinski definition) is 1. The average Bonchev–Trinajstić information content (AvgIpc) is 3.17. The van der Waals surface area contributed by atoms with Crippen molar-refractivity contribution in [1.82, 2.24) is 4.98 Å². The number of aromatic amines is 1. The van der Waals surface area contributed by atoms with E-state index in [2.05, 4.69) is 74.3 Å². The molecule has 0 spiro atoms. The third-order valence-electron chi connectivity index (χ3n) is 7.07. The molecule has 0 aliphatic heterocycles. The maximum atomic E-state index is 6.34. The standard InChI is InChI=1S/C29H39NO/c1-4-5-6-7-8-12-16-23-18-19-25(31-21-22-14-10-9-11-15-22)28-26(23)27-24(30-28)17-13-20-29(27,2)3/h9-11,14-15,17-19,23,30H,4-8,12-13,16,20-21H2,1-3H3. The molecule has 2 aliphatic rings. The fourth-order valence-corrected chi connectivity index (χ4v) is 5.31. The quantitative estimate of drug-likeness (QED) is 0.433. The molecule has 1 N–H and O–H groups in total. The Labute approximate surface area is 188 Å². The zero-order valence-electron chi connectivity index (χ0n) is 19.7. The van der Waals surface area contributed by atoms with E-state index in [-0.39, 0.29) is 5.41 Å². The molecular formula is C29H39NO. The maximum Gasteiger partial charge on any atom is 0.143 e. The zero-order chi connectivity index (χ0) is 21.7. The van der Waals surface area contributed by atoms with Gasteiger partial charge in [-0.3, -0.25) is 0 Å². The molecule has 166 valence electrons. The number of ether oxygens (including phenoxy) is 1. The third-order valence-corrected chi connectivity index (χ3v) is 7.07. The highest BCUT2D eigenvalue weighted by atomic mass is 16.5. The number of nitrogens with one attached hydrogen (secondary N) is 1. The van der Waals surface area contributed by atoms with E-state index in [1.807, 2.05) is 0 Å². The molecule has 1 atom stereocenters. The molecule has 0 fully saturated rings. The summed E-state index contributed by atoms with van der Waals surface area (Å²) >= 11 is 0. The van der Waals surface area contributed by atoms with Gasteiger partial charge in [-0.1, -0.05) is 102 Å². The second-order valence-electron chi connectivity index (χ2n) is 9.99. The lowest BCUT2D eigenvalue weighted by Gasteiger charge is -2.30. The van der Waals surface area contributed by atoms with Gasteiger partial charge in [0.25, 0.3) is 0 Å². The van der Waals surface area contributed by atoms with Crippen LogP contribution >= 0.6 is 0 Å². The van der Waals surface area contributed by atoms with Gasteiger partial charge >= 0.3 is 0 Å². The first-order valence-electron chi connectivity index (χ1n) is 12.4. The van der Waals surface area contributed by atoms with Crippen LogP contribution in [0.25, 0.3) is 11.8 Å². The van der Waals surface area contributed by atoms with E-state index < -0.39 is 0 Å². The number of aromatic nitrogens is 1. The minimum Gasteiger partial charge on any atom is -0.487 e. The molecule has 2 nitrogen and oxygen atoms in total. The van der Waals surface area contributed by atoms with E-state index >= 15 is 0 Å². The number of unbranched alkanes of at least 4 members (excludes halogenated alkanes) is 5. The number of H-pyrrole nitrogens is 1.